The lowest BCUT2D eigenvalue weighted by atomic mass is 9.95. The average Bonchev–Trinajstić information content (AvgIpc) is 2.43. The zero-order valence-electron chi connectivity index (χ0n) is 16.3. The van der Waals surface area contributed by atoms with Crippen molar-refractivity contribution in [3.8, 4) is 0 Å². The summed E-state index contributed by atoms with van der Waals surface area (Å²) >= 11 is 0. The minimum atomic E-state index is -0.922. The highest BCUT2D eigenvalue weighted by atomic mass is 16.5. The second kappa shape index (κ2) is 12.3. The molecule has 0 aliphatic heterocycles. The average molecular weight is 345 g/mol. The maximum Gasteiger partial charge on any atom is 0.309 e. The van der Waals surface area contributed by atoms with Crippen molar-refractivity contribution in [1.29, 1.82) is 0 Å². The molecule has 2 atom stereocenters. The van der Waals surface area contributed by atoms with Gasteiger partial charge in [-0.3, -0.25) is 9.59 Å². The molecule has 0 saturated carbocycles. The van der Waals surface area contributed by atoms with Crippen molar-refractivity contribution in [1.82, 2.24) is 0 Å². The van der Waals surface area contributed by atoms with Gasteiger partial charge in [-0.05, 0) is 12.8 Å². The molecule has 0 aliphatic rings. The van der Waals surface area contributed by atoms with E-state index in [0.29, 0.717) is 11.0 Å². The Morgan fingerprint density at radius 1 is 0.958 bits per heavy atom. The fraction of sp³-hybridized carbons (Fsp3) is 0.895. The quantitative estimate of drug-likeness (QED) is 0.295. The molecule has 0 aromatic heterocycles. The number of quaternary nitrogens is 1. The number of carboxylic acid groups (broad SMARTS) is 1. The number of carbonyl (C=O) groups is 2. The van der Waals surface area contributed by atoms with Gasteiger partial charge in [-0.1, -0.05) is 52.4 Å². The van der Waals surface area contributed by atoms with Crippen LogP contribution in [0.3, 0.4) is 0 Å². The molecule has 0 aliphatic carbocycles. The highest BCUT2D eigenvalue weighted by Crippen LogP contribution is 2.20. The molecule has 5 nitrogen and oxygen atoms in total. The Bertz CT molecular complexity index is 363. The lowest BCUT2D eigenvalue weighted by Gasteiger charge is -2.29. The van der Waals surface area contributed by atoms with E-state index in [4.69, 9.17) is 9.84 Å². The molecule has 1 unspecified atom stereocenters. The Balaban J connectivity index is 4.71. The summed E-state index contributed by atoms with van der Waals surface area (Å²) in [5.74, 6) is -1.22. The van der Waals surface area contributed by atoms with E-state index in [0.717, 1.165) is 38.5 Å². The van der Waals surface area contributed by atoms with Gasteiger partial charge in [-0.15, -0.1) is 0 Å². The van der Waals surface area contributed by atoms with Crippen molar-refractivity contribution in [3.05, 3.63) is 0 Å². The molecule has 0 amide bonds. The summed E-state index contributed by atoms with van der Waals surface area (Å²) in [6.45, 7) is 4.79. The van der Waals surface area contributed by atoms with Crippen LogP contribution in [-0.2, 0) is 14.3 Å². The van der Waals surface area contributed by atoms with E-state index in [1.807, 2.05) is 21.1 Å². The van der Waals surface area contributed by atoms with Crippen molar-refractivity contribution in [2.75, 3.05) is 27.7 Å². The Labute approximate surface area is 148 Å². The number of hydrogen-bond acceptors (Lipinski definition) is 3. The number of carboxylic acids is 1. The number of hydrogen-bond donors (Lipinski definition) is 1. The van der Waals surface area contributed by atoms with E-state index in [9.17, 15) is 9.59 Å². The van der Waals surface area contributed by atoms with E-state index < -0.39 is 12.1 Å². The van der Waals surface area contributed by atoms with E-state index >= 15 is 0 Å². The third kappa shape index (κ3) is 12.3. The maximum absolute atomic E-state index is 12.6. The smallest absolute Gasteiger partial charge is 0.309 e. The largest absolute Gasteiger partial charge is 0.481 e. The van der Waals surface area contributed by atoms with E-state index in [1.54, 1.807) is 0 Å². The summed E-state index contributed by atoms with van der Waals surface area (Å²) < 4.78 is 6.19. The molecule has 0 bridgehead atoms. The number of esters is 1. The van der Waals surface area contributed by atoms with Crippen LogP contribution in [0.1, 0.15) is 71.6 Å². The van der Waals surface area contributed by atoms with Gasteiger partial charge < -0.3 is 14.3 Å². The molecule has 142 valence electrons. The highest BCUT2D eigenvalue weighted by Gasteiger charge is 2.28. The molecule has 5 heteroatoms. The van der Waals surface area contributed by atoms with Crippen LogP contribution in [-0.4, -0.2) is 55.3 Å². The van der Waals surface area contributed by atoms with Gasteiger partial charge in [0.25, 0.3) is 0 Å². The van der Waals surface area contributed by atoms with Crippen molar-refractivity contribution in [2.24, 2.45) is 5.92 Å². The first kappa shape index (κ1) is 22.9. The van der Waals surface area contributed by atoms with Crippen molar-refractivity contribution < 1.29 is 23.9 Å². The first-order chi connectivity index (χ1) is 11.2. The fourth-order valence-electron chi connectivity index (χ4n) is 2.86. The highest BCUT2D eigenvalue weighted by molar-refractivity contribution is 5.73. The minimum absolute atomic E-state index is 0.0921. The number of unbranched alkanes of at least 4 members (excludes halogenated alkanes) is 4. The second-order valence-electron chi connectivity index (χ2n) is 7.82. The Morgan fingerprint density at radius 2 is 1.54 bits per heavy atom. The zero-order chi connectivity index (χ0) is 18.6. The Hall–Kier alpha value is -1.10. The van der Waals surface area contributed by atoms with Gasteiger partial charge in [-0.2, -0.15) is 0 Å². The van der Waals surface area contributed by atoms with Crippen LogP contribution >= 0.6 is 0 Å². The number of nitrogens with zero attached hydrogens (tertiary/aromatic N) is 1. The van der Waals surface area contributed by atoms with Gasteiger partial charge in [-0.25, -0.2) is 0 Å². The number of ether oxygens (including phenoxy) is 1. The summed E-state index contributed by atoms with van der Waals surface area (Å²) in [6.07, 6.45) is 7.61. The molecular formula is C19H38NO4+. The molecule has 0 saturated heterocycles. The predicted molar refractivity (Wildman–Crippen MR) is 96.8 cm³/mol. The number of aliphatic carboxylic acids is 1. The number of likely N-dealkylation sites (N-methyl/N-ethyl adjacent to an activating group) is 1. The SMILES string of the molecule is CCCCCCC(CCCC)C(=O)O[C@H](CC(=O)O)C[N+](C)(C)C. The number of rotatable bonds is 14. The van der Waals surface area contributed by atoms with E-state index in [2.05, 4.69) is 13.8 Å². The molecule has 0 aromatic rings. The minimum Gasteiger partial charge on any atom is -0.481 e. The second-order valence-corrected chi connectivity index (χ2v) is 7.82. The molecule has 1 N–H and O–H groups in total. The van der Waals surface area contributed by atoms with E-state index in [1.165, 1.54) is 12.8 Å². The Morgan fingerprint density at radius 3 is 2.04 bits per heavy atom. The summed E-state index contributed by atoms with van der Waals surface area (Å²) in [5, 5.41) is 9.08. The van der Waals surface area contributed by atoms with Crippen molar-refractivity contribution in [3.63, 3.8) is 0 Å². The molecule has 0 rings (SSSR count). The third-order valence-corrected chi connectivity index (χ3v) is 4.08. The van der Waals surface area contributed by atoms with Crippen LogP contribution in [0.4, 0.5) is 0 Å². The standard InChI is InChI=1S/C19H37NO4/c1-6-8-10-11-13-16(12-9-7-2)19(23)24-17(14-18(21)22)15-20(3,4)5/h16-17H,6-15H2,1-5H3/p+1/t16?,17-/m1/s1. The zero-order valence-corrected chi connectivity index (χ0v) is 16.3. The van der Waals surface area contributed by atoms with Crippen molar-refractivity contribution in [2.45, 2.75) is 77.7 Å². The third-order valence-electron chi connectivity index (χ3n) is 4.08. The Kier molecular flexibility index (Phi) is 11.7. The normalized spacial score (nSPS) is 14.2. The van der Waals surface area contributed by atoms with Gasteiger partial charge in [0.05, 0.1) is 33.5 Å². The first-order valence-corrected chi connectivity index (χ1v) is 9.42. The van der Waals surface area contributed by atoms with Crippen LogP contribution in [0.15, 0.2) is 0 Å². The van der Waals surface area contributed by atoms with Gasteiger partial charge >= 0.3 is 11.9 Å². The fourth-order valence-corrected chi connectivity index (χ4v) is 2.86. The predicted octanol–water partition coefficient (Wildman–Crippen LogP) is 3.86. The van der Waals surface area contributed by atoms with Crippen LogP contribution in [0.25, 0.3) is 0 Å². The summed E-state index contributed by atoms with van der Waals surface area (Å²) in [6, 6.07) is 0. The number of carbonyl (C=O) groups excluding carboxylic acids is 1. The maximum atomic E-state index is 12.6. The molecule has 24 heavy (non-hydrogen) atoms. The van der Waals surface area contributed by atoms with Gasteiger partial charge in [0.15, 0.2) is 6.10 Å². The van der Waals surface area contributed by atoms with Gasteiger partial charge in [0.1, 0.15) is 6.54 Å². The first-order valence-electron chi connectivity index (χ1n) is 9.42. The molecule has 0 aromatic carbocycles. The van der Waals surface area contributed by atoms with E-state index in [-0.39, 0.29) is 18.3 Å². The van der Waals surface area contributed by atoms with Crippen LogP contribution in [0.5, 0.6) is 0 Å². The van der Waals surface area contributed by atoms with Gasteiger partial charge in [0, 0.05) is 0 Å². The lowest BCUT2D eigenvalue weighted by molar-refractivity contribution is -0.873. The summed E-state index contributed by atoms with van der Waals surface area (Å²) in [7, 11) is 5.92. The molecule has 0 fully saturated rings. The van der Waals surface area contributed by atoms with Crippen LogP contribution in [0.2, 0.25) is 0 Å². The van der Waals surface area contributed by atoms with Gasteiger partial charge in [0.2, 0.25) is 0 Å². The lowest BCUT2D eigenvalue weighted by Crippen LogP contribution is -2.44. The monoisotopic (exact) mass is 344 g/mol. The van der Waals surface area contributed by atoms with Crippen LogP contribution < -0.4 is 0 Å². The van der Waals surface area contributed by atoms with Crippen molar-refractivity contribution >= 4 is 11.9 Å². The summed E-state index contributed by atoms with van der Waals surface area (Å²) in [4.78, 5) is 23.6. The van der Waals surface area contributed by atoms with Crippen LogP contribution in [0, 0.1) is 5.92 Å². The molecular weight excluding hydrogens is 306 g/mol. The molecule has 0 spiro atoms. The molecule has 0 heterocycles. The molecule has 0 radical (unpaired) electrons. The summed E-state index contributed by atoms with van der Waals surface area (Å²) in [5.41, 5.74) is 0. The topological polar surface area (TPSA) is 63.6 Å².